The average Bonchev–Trinajstić information content (AvgIpc) is 2.94. The summed E-state index contributed by atoms with van der Waals surface area (Å²) in [6.45, 7) is 3.41. The Balaban J connectivity index is 1.91. The highest BCUT2D eigenvalue weighted by molar-refractivity contribution is 9.10. The van der Waals surface area contributed by atoms with E-state index in [1.165, 1.54) is 0 Å². The molecule has 6 nitrogen and oxygen atoms in total. The molecule has 3 rings (SSSR count). The third-order valence-electron chi connectivity index (χ3n) is 3.76. The van der Waals surface area contributed by atoms with E-state index in [0.717, 1.165) is 43.2 Å². The van der Waals surface area contributed by atoms with Gasteiger partial charge in [0.25, 0.3) is 10.0 Å². The quantitative estimate of drug-likeness (QED) is 0.707. The van der Waals surface area contributed by atoms with Crippen LogP contribution < -0.4 is 19.7 Å². The second-order valence-corrected chi connectivity index (χ2v) is 9.83. The van der Waals surface area contributed by atoms with Gasteiger partial charge in [-0.25, -0.2) is 8.42 Å². The lowest BCUT2D eigenvalue weighted by atomic mass is 10.2. The molecule has 0 saturated carbocycles. The largest absolute Gasteiger partial charge is 0.495 e. The number of nitrogens with zero attached hydrogens (tertiary/aromatic N) is 1. The summed E-state index contributed by atoms with van der Waals surface area (Å²) in [5.74, 6) is 0.713. The predicted molar refractivity (Wildman–Crippen MR) is 106 cm³/mol. The fourth-order valence-electron chi connectivity index (χ4n) is 2.62. The Morgan fingerprint density at radius 1 is 1.32 bits per heavy atom. The summed E-state index contributed by atoms with van der Waals surface area (Å²) in [5, 5.41) is 3.29. The second kappa shape index (κ2) is 7.71. The molecule has 0 bridgehead atoms. The van der Waals surface area contributed by atoms with Gasteiger partial charge in [-0.1, -0.05) is 11.6 Å². The number of thiophene rings is 1. The Morgan fingerprint density at radius 3 is 2.64 bits per heavy atom. The predicted octanol–water partition coefficient (Wildman–Crippen LogP) is 3.38. The number of piperazine rings is 1. The molecule has 0 atom stereocenters. The first-order chi connectivity index (χ1) is 11.9. The minimum Gasteiger partial charge on any atom is -0.495 e. The zero-order valence-corrected chi connectivity index (χ0v) is 17.4. The molecule has 1 aromatic heterocycles. The van der Waals surface area contributed by atoms with Crippen LogP contribution in [-0.4, -0.2) is 41.7 Å². The number of rotatable bonds is 5. The van der Waals surface area contributed by atoms with Crippen LogP contribution in [0.25, 0.3) is 0 Å². The van der Waals surface area contributed by atoms with Crippen molar-refractivity contribution in [3.63, 3.8) is 0 Å². The molecule has 1 aliphatic heterocycles. The van der Waals surface area contributed by atoms with E-state index >= 15 is 0 Å². The molecule has 2 heterocycles. The molecule has 0 unspecified atom stereocenters. The van der Waals surface area contributed by atoms with Crippen LogP contribution in [0.4, 0.5) is 11.4 Å². The summed E-state index contributed by atoms with van der Waals surface area (Å²) in [6.07, 6.45) is 0. The minimum atomic E-state index is -3.72. The fraction of sp³-hybridized carbons (Fsp3) is 0.333. The summed E-state index contributed by atoms with van der Waals surface area (Å²) in [5.41, 5.74) is 1.35. The van der Waals surface area contributed by atoms with Gasteiger partial charge in [0.1, 0.15) is 5.75 Å². The maximum absolute atomic E-state index is 12.6. The molecule has 136 valence electrons. The smallest absolute Gasteiger partial charge is 0.272 e. The number of anilines is 2. The molecule has 25 heavy (non-hydrogen) atoms. The first-order valence-electron chi connectivity index (χ1n) is 7.52. The summed E-state index contributed by atoms with van der Waals surface area (Å²) in [4.78, 5) is 2.17. The lowest BCUT2D eigenvalue weighted by Crippen LogP contribution is -2.43. The third kappa shape index (κ3) is 4.22. The van der Waals surface area contributed by atoms with E-state index in [4.69, 9.17) is 16.3 Å². The highest BCUT2D eigenvalue weighted by Crippen LogP contribution is 2.37. The molecular formula is C15H17BrClN3O3S2. The Bertz CT molecular complexity index is 867. The van der Waals surface area contributed by atoms with E-state index in [1.54, 1.807) is 31.4 Å². The van der Waals surface area contributed by atoms with Crippen LogP contribution in [0, 0.1) is 0 Å². The molecular weight excluding hydrogens is 450 g/mol. The number of halogens is 2. The molecule has 0 spiro atoms. The van der Waals surface area contributed by atoms with Gasteiger partial charge >= 0.3 is 0 Å². The lowest BCUT2D eigenvalue weighted by Gasteiger charge is -2.30. The van der Waals surface area contributed by atoms with Gasteiger partial charge in [-0.05, 0) is 40.2 Å². The molecule has 1 saturated heterocycles. The Morgan fingerprint density at radius 2 is 2.04 bits per heavy atom. The molecule has 1 fully saturated rings. The van der Waals surface area contributed by atoms with E-state index in [0.29, 0.717) is 20.2 Å². The van der Waals surface area contributed by atoms with Crippen molar-refractivity contribution in [1.82, 2.24) is 5.32 Å². The molecule has 2 N–H and O–H groups in total. The van der Waals surface area contributed by atoms with Gasteiger partial charge in [-0.3, -0.25) is 4.72 Å². The number of methoxy groups -OCH3 is 1. The maximum Gasteiger partial charge on any atom is 0.272 e. The zero-order valence-electron chi connectivity index (χ0n) is 13.4. The summed E-state index contributed by atoms with van der Waals surface area (Å²) < 4.78 is 34.3. The topological polar surface area (TPSA) is 70.7 Å². The SMILES string of the molecule is COc1ccc(NS(=O)(=O)c2sc(Cl)cc2Br)cc1N1CCNCC1. The normalized spacial score (nSPS) is 15.2. The van der Waals surface area contributed by atoms with E-state index in [9.17, 15) is 8.42 Å². The number of hydrogen-bond donors (Lipinski definition) is 2. The lowest BCUT2D eigenvalue weighted by molar-refractivity contribution is 0.413. The Kier molecular flexibility index (Phi) is 5.79. The first-order valence-corrected chi connectivity index (χ1v) is 11.0. The molecule has 0 amide bonds. The summed E-state index contributed by atoms with van der Waals surface area (Å²) in [6, 6.07) is 6.82. The molecule has 0 radical (unpaired) electrons. The number of benzene rings is 1. The van der Waals surface area contributed by atoms with Crippen molar-refractivity contribution in [2.75, 3.05) is 42.9 Å². The fourth-order valence-corrected chi connectivity index (χ4v) is 6.68. The monoisotopic (exact) mass is 465 g/mol. The van der Waals surface area contributed by atoms with Gasteiger partial charge in [0, 0.05) is 26.2 Å². The Labute approximate surface area is 164 Å². The van der Waals surface area contributed by atoms with Crippen molar-refractivity contribution in [2.24, 2.45) is 0 Å². The van der Waals surface area contributed by atoms with Gasteiger partial charge in [0.05, 0.1) is 27.3 Å². The van der Waals surface area contributed by atoms with Crippen LogP contribution in [0.3, 0.4) is 0 Å². The number of hydrogen-bond acceptors (Lipinski definition) is 6. The average molecular weight is 467 g/mol. The van der Waals surface area contributed by atoms with E-state index in [1.807, 2.05) is 0 Å². The van der Waals surface area contributed by atoms with Crippen LogP contribution in [0.15, 0.2) is 32.9 Å². The van der Waals surface area contributed by atoms with Gasteiger partial charge in [-0.15, -0.1) is 11.3 Å². The van der Waals surface area contributed by atoms with E-state index in [2.05, 4.69) is 30.9 Å². The van der Waals surface area contributed by atoms with Crippen molar-refractivity contribution in [3.8, 4) is 5.75 Å². The van der Waals surface area contributed by atoms with Crippen LogP contribution in [0.1, 0.15) is 0 Å². The van der Waals surface area contributed by atoms with Gasteiger partial charge in [0.15, 0.2) is 4.21 Å². The van der Waals surface area contributed by atoms with Crippen molar-refractivity contribution < 1.29 is 13.2 Å². The van der Waals surface area contributed by atoms with E-state index in [-0.39, 0.29) is 4.21 Å². The van der Waals surface area contributed by atoms with Crippen molar-refractivity contribution in [2.45, 2.75) is 4.21 Å². The van der Waals surface area contributed by atoms with Crippen LogP contribution >= 0.6 is 38.9 Å². The highest BCUT2D eigenvalue weighted by atomic mass is 79.9. The van der Waals surface area contributed by atoms with Gasteiger partial charge < -0.3 is 15.0 Å². The van der Waals surface area contributed by atoms with Crippen LogP contribution in [-0.2, 0) is 10.0 Å². The molecule has 10 heteroatoms. The highest BCUT2D eigenvalue weighted by Gasteiger charge is 2.22. The molecule has 1 aromatic carbocycles. The minimum absolute atomic E-state index is 0.150. The summed E-state index contributed by atoms with van der Waals surface area (Å²) >= 11 is 10.2. The van der Waals surface area contributed by atoms with Gasteiger partial charge in [0.2, 0.25) is 0 Å². The second-order valence-electron chi connectivity index (χ2n) is 5.42. The summed E-state index contributed by atoms with van der Waals surface area (Å²) in [7, 11) is -2.12. The molecule has 2 aromatic rings. The van der Waals surface area contributed by atoms with Gasteiger partial charge in [-0.2, -0.15) is 0 Å². The van der Waals surface area contributed by atoms with Crippen molar-refractivity contribution in [1.29, 1.82) is 0 Å². The molecule has 1 aliphatic rings. The molecule has 0 aliphatic carbocycles. The number of nitrogens with one attached hydrogen (secondary N) is 2. The zero-order chi connectivity index (χ0) is 18.0. The van der Waals surface area contributed by atoms with Crippen molar-refractivity contribution in [3.05, 3.63) is 33.1 Å². The third-order valence-corrected chi connectivity index (χ3v) is 8.09. The number of sulfonamides is 1. The first kappa shape index (κ1) is 18.8. The van der Waals surface area contributed by atoms with Crippen molar-refractivity contribution >= 4 is 60.3 Å². The number of ether oxygens (including phenoxy) is 1. The van der Waals surface area contributed by atoms with Crippen LogP contribution in [0.5, 0.6) is 5.75 Å². The standard InChI is InChI=1S/C15H17BrClN3O3S2/c1-23-13-3-2-10(8-12(13)20-6-4-18-5-7-20)19-25(21,22)15-11(16)9-14(17)24-15/h2-3,8-9,18-19H,4-7H2,1H3. The van der Waals surface area contributed by atoms with Crippen LogP contribution in [0.2, 0.25) is 4.34 Å². The maximum atomic E-state index is 12.6. The Hall–Kier alpha value is -1.00. The van der Waals surface area contributed by atoms with E-state index < -0.39 is 10.0 Å².